The van der Waals surface area contributed by atoms with Crippen molar-refractivity contribution < 1.29 is 22.7 Å². The first-order chi connectivity index (χ1) is 19.6. The van der Waals surface area contributed by atoms with E-state index in [0.717, 1.165) is 19.2 Å². The van der Waals surface area contributed by atoms with Crippen LogP contribution in [0.2, 0.25) is 0 Å². The number of carbonyl (C=O) groups is 1. The van der Waals surface area contributed by atoms with Crippen LogP contribution in [0.3, 0.4) is 0 Å². The Hall–Kier alpha value is -4.17. The lowest BCUT2D eigenvalue weighted by Gasteiger charge is -2.29. The van der Waals surface area contributed by atoms with Crippen LogP contribution in [0.25, 0.3) is 22.2 Å². The number of rotatable bonds is 7. The summed E-state index contributed by atoms with van der Waals surface area (Å²) in [6.45, 7) is 1.01. The quantitative estimate of drug-likeness (QED) is 0.309. The zero-order chi connectivity index (χ0) is 28.9. The predicted molar refractivity (Wildman–Crippen MR) is 147 cm³/mol. The van der Waals surface area contributed by atoms with E-state index in [1.807, 2.05) is 7.05 Å². The van der Waals surface area contributed by atoms with E-state index < -0.39 is 36.7 Å². The fraction of sp³-hybridized carbons (Fsp3) is 0.407. The predicted octanol–water partition coefficient (Wildman–Crippen LogP) is 3.60. The van der Waals surface area contributed by atoms with Crippen molar-refractivity contribution in [1.82, 2.24) is 34.5 Å². The highest BCUT2D eigenvalue weighted by atomic mass is 19.3. The molecule has 1 amide bonds. The first-order valence-electron chi connectivity index (χ1n) is 13.2. The van der Waals surface area contributed by atoms with Gasteiger partial charge in [-0.25, -0.2) is 23.1 Å². The maximum Gasteiger partial charge on any atom is 0.262 e. The van der Waals surface area contributed by atoms with Gasteiger partial charge in [0.05, 0.1) is 43.3 Å². The van der Waals surface area contributed by atoms with Gasteiger partial charge in [0.2, 0.25) is 11.9 Å². The zero-order valence-corrected chi connectivity index (χ0v) is 22.8. The van der Waals surface area contributed by atoms with E-state index in [4.69, 9.17) is 4.74 Å². The minimum absolute atomic E-state index is 0.0343. The molecule has 2 saturated heterocycles. The number of nitrogens with one attached hydrogen (secondary N) is 3. The van der Waals surface area contributed by atoms with Crippen molar-refractivity contribution in [1.29, 1.82) is 0 Å². The molecule has 0 unspecified atom stereocenters. The highest BCUT2D eigenvalue weighted by Gasteiger charge is 2.50. The molecular weight excluding hydrogens is 539 g/mol. The molecule has 216 valence electrons. The number of hydrogen-bond donors (Lipinski definition) is 3. The molecule has 14 heteroatoms. The van der Waals surface area contributed by atoms with E-state index in [1.165, 1.54) is 7.11 Å². The van der Waals surface area contributed by atoms with Gasteiger partial charge in [0.1, 0.15) is 11.4 Å². The Labute approximate surface area is 233 Å². The molecule has 0 bridgehead atoms. The lowest BCUT2D eigenvalue weighted by Crippen LogP contribution is -2.46. The monoisotopic (exact) mass is 569 g/mol. The lowest BCUT2D eigenvalue weighted by molar-refractivity contribution is -0.121. The van der Waals surface area contributed by atoms with Crippen molar-refractivity contribution >= 4 is 34.1 Å². The number of para-hydroxylation sites is 1. The number of fused-ring (bicyclic) bond motifs is 1. The second-order valence-corrected chi connectivity index (χ2v) is 10.6. The number of alkyl halides is 2. The molecule has 5 heterocycles. The third-order valence-electron chi connectivity index (χ3n) is 7.65. The first kappa shape index (κ1) is 27.0. The van der Waals surface area contributed by atoms with E-state index in [-0.39, 0.29) is 17.7 Å². The summed E-state index contributed by atoms with van der Waals surface area (Å²) in [7, 11) is 5.16. The van der Waals surface area contributed by atoms with Crippen LogP contribution in [0.15, 0.2) is 36.8 Å². The molecule has 2 atom stereocenters. The number of aryl methyl sites for hydroxylation is 1. The number of halogens is 3. The minimum Gasteiger partial charge on any atom is -0.478 e. The molecule has 0 saturated carbocycles. The molecule has 2 aliphatic heterocycles. The summed E-state index contributed by atoms with van der Waals surface area (Å²) < 4.78 is 50.8. The summed E-state index contributed by atoms with van der Waals surface area (Å²) in [6, 6.07) is 4.09. The molecule has 1 aromatic carbocycles. The molecule has 2 fully saturated rings. The van der Waals surface area contributed by atoms with Crippen LogP contribution in [0, 0.1) is 5.82 Å². The Kier molecular flexibility index (Phi) is 6.82. The van der Waals surface area contributed by atoms with Gasteiger partial charge in [-0.1, -0.05) is 12.1 Å². The molecule has 0 spiro atoms. The van der Waals surface area contributed by atoms with Gasteiger partial charge in [-0.3, -0.25) is 14.4 Å². The third kappa shape index (κ3) is 5.20. The van der Waals surface area contributed by atoms with Gasteiger partial charge < -0.3 is 25.3 Å². The molecule has 11 nitrogen and oxygen atoms in total. The number of ether oxygens (including phenoxy) is 1. The molecule has 4 aromatic rings. The molecule has 6 rings (SSSR count). The van der Waals surface area contributed by atoms with Crippen LogP contribution in [0.1, 0.15) is 12.8 Å². The number of likely N-dealkylation sites (N-methyl/N-ethyl adjacent to an activating group) is 1. The van der Waals surface area contributed by atoms with Gasteiger partial charge in [-0.2, -0.15) is 0 Å². The number of amides is 1. The van der Waals surface area contributed by atoms with E-state index in [2.05, 4.69) is 35.6 Å². The van der Waals surface area contributed by atoms with E-state index in [0.29, 0.717) is 40.3 Å². The van der Waals surface area contributed by atoms with Gasteiger partial charge in [0.25, 0.3) is 11.8 Å². The summed E-state index contributed by atoms with van der Waals surface area (Å²) >= 11 is 0. The maximum atomic E-state index is 15.0. The van der Waals surface area contributed by atoms with Gasteiger partial charge >= 0.3 is 0 Å². The normalized spacial score (nSPS) is 21.0. The van der Waals surface area contributed by atoms with Gasteiger partial charge in [0, 0.05) is 43.2 Å². The highest BCUT2D eigenvalue weighted by Crippen LogP contribution is 2.37. The molecule has 0 aliphatic carbocycles. The summed E-state index contributed by atoms with van der Waals surface area (Å²) in [6.07, 6.45) is 4.53. The lowest BCUT2D eigenvalue weighted by atomic mass is 10.1. The number of likely N-dealkylation sites (tertiary alicyclic amines) is 2. The first-order valence-corrected chi connectivity index (χ1v) is 13.2. The van der Waals surface area contributed by atoms with Crippen molar-refractivity contribution in [2.75, 3.05) is 44.4 Å². The van der Waals surface area contributed by atoms with E-state index in [9.17, 15) is 18.0 Å². The van der Waals surface area contributed by atoms with Gasteiger partial charge in [0.15, 0.2) is 5.82 Å². The van der Waals surface area contributed by atoms with Crippen LogP contribution in [-0.2, 0) is 11.8 Å². The maximum absolute atomic E-state index is 15.0. The second-order valence-electron chi connectivity index (χ2n) is 10.6. The van der Waals surface area contributed by atoms with Crippen LogP contribution < -0.4 is 15.4 Å². The second kappa shape index (κ2) is 10.3. The van der Waals surface area contributed by atoms with E-state index in [1.54, 1.807) is 47.2 Å². The minimum atomic E-state index is -2.94. The van der Waals surface area contributed by atoms with Crippen molar-refractivity contribution in [3.05, 3.63) is 42.6 Å². The topological polar surface area (TPSA) is 116 Å². The molecule has 3 N–H and O–H groups in total. The van der Waals surface area contributed by atoms with Gasteiger partial charge in [-0.05, 0) is 26.1 Å². The van der Waals surface area contributed by atoms with Gasteiger partial charge in [-0.15, -0.1) is 5.10 Å². The Morgan fingerprint density at radius 1 is 1.24 bits per heavy atom. The zero-order valence-electron chi connectivity index (χ0n) is 22.8. The van der Waals surface area contributed by atoms with Crippen LogP contribution in [0.5, 0.6) is 5.88 Å². The number of aromatic nitrogens is 5. The largest absolute Gasteiger partial charge is 0.478 e. The summed E-state index contributed by atoms with van der Waals surface area (Å²) in [4.78, 5) is 28.6. The highest BCUT2D eigenvalue weighted by molar-refractivity contribution is 6.06. The number of methoxy groups -OCH3 is 1. The van der Waals surface area contributed by atoms with Crippen molar-refractivity contribution in [3.63, 3.8) is 0 Å². The molecular formula is C27H30F3N9O2. The molecule has 41 heavy (non-hydrogen) atoms. The number of hydrogen-bond acceptors (Lipinski definition) is 8. The standard InChI is InChI=1S/C27H30F3N9O2/c1-37-8-7-15(12-37)39-14-27(29,30)9-21(39)24(40)33-19-6-4-5-16-17(10-31-23(16)19)22-18(28)11-32-26(35-22)34-20-13-38(2)36-25(20)41-3/h4-6,10-11,13,15,21,31H,7-9,12,14H2,1-3H3,(H,33,40)(H,32,34,35)/t15-,21+/m0/s1. The number of anilines is 3. The number of carbonyl (C=O) groups excluding carboxylic acids is 1. The summed E-state index contributed by atoms with van der Waals surface area (Å²) in [5.41, 5.74) is 1.92. The fourth-order valence-corrected chi connectivity index (χ4v) is 5.76. The van der Waals surface area contributed by atoms with Crippen molar-refractivity contribution in [3.8, 4) is 17.1 Å². The molecule has 0 radical (unpaired) electrons. The Morgan fingerprint density at radius 3 is 2.83 bits per heavy atom. The smallest absolute Gasteiger partial charge is 0.262 e. The van der Waals surface area contributed by atoms with E-state index >= 15 is 0 Å². The molecule has 3 aromatic heterocycles. The molecule has 2 aliphatic rings. The third-order valence-corrected chi connectivity index (χ3v) is 7.65. The van der Waals surface area contributed by atoms with Crippen molar-refractivity contribution in [2.45, 2.75) is 30.8 Å². The Balaban J connectivity index is 1.27. The number of aromatic amines is 1. The van der Waals surface area contributed by atoms with Crippen LogP contribution in [0.4, 0.5) is 30.5 Å². The number of H-pyrrole nitrogens is 1. The number of nitrogens with zero attached hydrogens (tertiary/aromatic N) is 6. The summed E-state index contributed by atoms with van der Waals surface area (Å²) in [5.74, 6) is -3.62. The van der Waals surface area contributed by atoms with Crippen LogP contribution in [-0.4, -0.2) is 92.2 Å². The SMILES string of the molecule is COc1nn(C)cc1Nc1ncc(F)c(-c2c[nH]c3c(NC(=O)[C@H]4CC(F)(F)CN4[C@H]4CCN(C)C4)cccc23)n1. The Bertz CT molecular complexity index is 1600. The average molecular weight is 570 g/mol. The van der Waals surface area contributed by atoms with Crippen LogP contribution >= 0.6 is 0 Å². The van der Waals surface area contributed by atoms with Crippen molar-refractivity contribution in [2.24, 2.45) is 7.05 Å². The average Bonchev–Trinajstić information content (AvgIpc) is 3.70. The number of benzene rings is 1. The Morgan fingerprint density at radius 2 is 2.07 bits per heavy atom. The fourth-order valence-electron chi connectivity index (χ4n) is 5.76. The summed E-state index contributed by atoms with van der Waals surface area (Å²) in [5, 5.41) is 10.6.